The molecule has 0 N–H and O–H groups in total. The molecule has 0 saturated heterocycles. The van der Waals surface area contributed by atoms with Gasteiger partial charge in [0.2, 0.25) is 0 Å². The van der Waals surface area contributed by atoms with E-state index in [-0.39, 0.29) is 5.56 Å². The van der Waals surface area contributed by atoms with Gasteiger partial charge >= 0.3 is 0 Å². The third-order valence-corrected chi connectivity index (χ3v) is 4.59. The highest BCUT2D eigenvalue weighted by atomic mass is 32.1. The normalized spacial score (nSPS) is 11.5. The summed E-state index contributed by atoms with van der Waals surface area (Å²) in [4.78, 5) is 21.4. The molecule has 3 heterocycles. The zero-order chi connectivity index (χ0) is 15.1. The van der Waals surface area contributed by atoms with Crippen LogP contribution in [0.15, 0.2) is 41.6 Å². The Morgan fingerprint density at radius 3 is 2.95 bits per heavy atom. The zero-order valence-corrected chi connectivity index (χ0v) is 12.7. The van der Waals surface area contributed by atoms with Gasteiger partial charge in [0.25, 0.3) is 5.56 Å². The number of benzene rings is 1. The van der Waals surface area contributed by atoms with Crippen LogP contribution >= 0.6 is 11.3 Å². The number of hydrogen-bond donors (Lipinski definition) is 0. The van der Waals surface area contributed by atoms with Crippen LogP contribution in [-0.2, 0) is 13.1 Å². The maximum Gasteiger partial charge on any atom is 0.264 e. The van der Waals surface area contributed by atoms with Crippen molar-refractivity contribution in [2.75, 3.05) is 0 Å². The molecule has 22 heavy (non-hydrogen) atoms. The minimum atomic E-state index is -0.0797. The van der Waals surface area contributed by atoms with Gasteiger partial charge in [-0.3, -0.25) is 9.36 Å². The highest BCUT2D eigenvalue weighted by Gasteiger charge is 2.11. The van der Waals surface area contributed by atoms with Crippen LogP contribution in [0.3, 0.4) is 0 Å². The van der Waals surface area contributed by atoms with Crippen LogP contribution in [0.2, 0.25) is 0 Å². The molecule has 0 aliphatic carbocycles. The first-order chi connectivity index (χ1) is 10.8. The van der Waals surface area contributed by atoms with Crippen LogP contribution in [0.1, 0.15) is 11.9 Å². The third kappa shape index (κ3) is 2.01. The Kier molecular flexibility index (Phi) is 3.00. The quantitative estimate of drug-likeness (QED) is 0.582. The summed E-state index contributed by atoms with van der Waals surface area (Å²) in [6.45, 7) is 3.09. The molecule has 4 aromatic rings. The molecule has 1 aromatic carbocycles. The molecule has 0 radical (unpaired) electrons. The molecule has 6 nitrogen and oxygen atoms in total. The topological polar surface area (TPSA) is 65.6 Å². The number of aryl methyl sites for hydroxylation is 1. The number of aromatic nitrogens is 5. The first-order valence-electron chi connectivity index (χ1n) is 7.01. The maximum atomic E-state index is 12.5. The Morgan fingerprint density at radius 1 is 1.27 bits per heavy atom. The highest BCUT2D eigenvalue weighted by Crippen LogP contribution is 2.21. The monoisotopic (exact) mass is 311 g/mol. The van der Waals surface area contributed by atoms with E-state index in [1.54, 1.807) is 33.1 Å². The fourth-order valence-corrected chi connectivity index (χ4v) is 3.44. The molecule has 3 aromatic heterocycles. The lowest BCUT2D eigenvalue weighted by Gasteiger charge is -2.03. The Morgan fingerprint density at radius 2 is 2.14 bits per heavy atom. The number of hydrogen-bond acceptors (Lipinski definition) is 5. The van der Waals surface area contributed by atoms with E-state index in [1.165, 1.54) is 0 Å². The van der Waals surface area contributed by atoms with Crippen molar-refractivity contribution in [3.05, 3.63) is 52.2 Å². The van der Waals surface area contributed by atoms with Crippen molar-refractivity contribution >= 4 is 32.6 Å². The molecule has 0 atom stereocenters. The molecule has 0 amide bonds. The second-order valence-corrected chi connectivity index (χ2v) is 6.07. The average Bonchev–Trinajstić information content (AvgIpc) is 3.13. The van der Waals surface area contributed by atoms with Gasteiger partial charge in [0.05, 0.1) is 23.0 Å². The molecule has 0 spiro atoms. The van der Waals surface area contributed by atoms with Gasteiger partial charge in [0.1, 0.15) is 16.7 Å². The van der Waals surface area contributed by atoms with Gasteiger partial charge in [-0.1, -0.05) is 12.1 Å². The molecule has 0 fully saturated rings. The lowest BCUT2D eigenvalue weighted by molar-refractivity contribution is 0.671. The second kappa shape index (κ2) is 5.03. The van der Waals surface area contributed by atoms with Crippen molar-refractivity contribution in [3.8, 4) is 0 Å². The summed E-state index contributed by atoms with van der Waals surface area (Å²) in [6, 6.07) is 7.96. The van der Waals surface area contributed by atoms with Gasteiger partial charge in [0.15, 0.2) is 5.65 Å². The standard InChI is InChI=1S/C15H13N5OS/c1-2-20-14-10(7-17-20)15(21)19(9-16-14)8-13-18-11-5-3-4-6-12(11)22-13/h3-7,9H,2,8H2,1H3. The third-order valence-electron chi connectivity index (χ3n) is 3.57. The Hall–Kier alpha value is -2.54. The SMILES string of the molecule is CCn1ncc2c(=O)n(Cc3nc4ccccc4s3)cnc21. The van der Waals surface area contributed by atoms with Gasteiger partial charge in [-0.2, -0.15) is 5.10 Å². The smallest absolute Gasteiger partial charge is 0.264 e. The van der Waals surface area contributed by atoms with Crippen LogP contribution in [0, 0.1) is 0 Å². The molecule has 0 aliphatic rings. The summed E-state index contributed by atoms with van der Waals surface area (Å²) in [6.07, 6.45) is 3.16. The van der Waals surface area contributed by atoms with Crippen molar-refractivity contribution in [1.82, 2.24) is 24.3 Å². The lowest BCUT2D eigenvalue weighted by Crippen LogP contribution is -2.21. The largest absolute Gasteiger partial charge is 0.292 e. The number of fused-ring (bicyclic) bond motifs is 2. The summed E-state index contributed by atoms with van der Waals surface area (Å²) >= 11 is 1.60. The summed E-state index contributed by atoms with van der Waals surface area (Å²) in [5.74, 6) is 0. The molecule has 110 valence electrons. The molecular weight excluding hydrogens is 298 g/mol. The predicted octanol–water partition coefficient (Wildman–Crippen LogP) is 2.27. The van der Waals surface area contributed by atoms with Gasteiger partial charge < -0.3 is 0 Å². The van der Waals surface area contributed by atoms with E-state index >= 15 is 0 Å². The minimum absolute atomic E-state index is 0.0797. The van der Waals surface area contributed by atoms with Crippen LogP contribution in [0.5, 0.6) is 0 Å². The molecular formula is C15H13N5OS. The Balaban J connectivity index is 1.78. The number of para-hydroxylation sites is 1. The van der Waals surface area contributed by atoms with Crippen molar-refractivity contribution in [2.45, 2.75) is 20.0 Å². The van der Waals surface area contributed by atoms with Gasteiger partial charge in [-0.05, 0) is 19.1 Å². The van der Waals surface area contributed by atoms with E-state index in [1.807, 2.05) is 31.2 Å². The molecule has 0 bridgehead atoms. The molecule has 0 aliphatic heterocycles. The molecule has 0 saturated carbocycles. The fraction of sp³-hybridized carbons (Fsp3) is 0.200. The van der Waals surface area contributed by atoms with E-state index in [9.17, 15) is 4.79 Å². The molecule has 4 rings (SSSR count). The summed E-state index contributed by atoms with van der Waals surface area (Å²) in [7, 11) is 0. The van der Waals surface area contributed by atoms with E-state index in [0.717, 1.165) is 15.2 Å². The van der Waals surface area contributed by atoms with Crippen LogP contribution in [-0.4, -0.2) is 24.3 Å². The summed E-state index contributed by atoms with van der Waals surface area (Å²) in [5.41, 5.74) is 1.51. The van der Waals surface area contributed by atoms with E-state index in [0.29, 0.717) is 24.1 Å². The van der Waals surface area contributed by atoms with Crippen molar-refractivity contribution in [3.63, 3.8) is 0 Å². The maximum absolute atomic E-state index is 12.5. The van der Waals surface area contributed by atoms with Crippen LogP contribution in [0.4, 0.5) is 0 Å². The van der Waals surface area contributed by atoms with E-state index < -0.39 is 0 Å². The van der Waals surface area contributed by atoms with Gasteiger partial charge in [-0.25, -0.2) is 14.6 Å². The van der Waals surface area contributed by atoms with Crippen LogP contribution in [0.25, 0.3) is 21.3 Å². The summed E-state index contributed by atoms with van der Waals surface area (Å²) in [5, 5.41) is 5.63. The van der Waals surface area contributed by atoms with E-state index in [2.05, 4.69) is 15.1 Å². The highest BCUT2D eigenvalue weighted by molar-refractivity contribution is 7.18. The number of thiazole rings is 1. The second-order valence-electron chi connectivity index (χ2n) is 4.95. The van der Waals surface area contributed by atoms with Gasteiger partial charge in [-0.15, -0.1) is 11.3 Å². The predicted molar refractivity (Wildman–Crippen MR) is 86.2 cm³/mol. The lowest BCUT2D eigenvalue weighted by atomic mass is 10.3. The minimum Gasteiger partial charge on any atom is -0.292 e. The zero-order valence-electron chi connectivity index (χ0n) is 11.9. The van der Waals surface area contributed by atoms with Crippen LogP contribution < -0.4 is 5.56 Å². The number of rotatable bonds is 3. The van der Waals surface area contributed by atoms with Crippen molar-refractivity contribution < 1.29 is 0 Å². The van der Waals surface area contributed by atoms with E-state index in [4.69, 9.17) is 0 Å². The van der Waals surface area contributed by atoms with Crippen molar-refractivity contribution in [1.29, 1.82) is 0 Å². The first-order valence-corrected chi connectivity index (χ1v) is 7.83. The first kappa shape index (κ1) is 13.1. The fourth-order valence-electron chi connectivity index (χ4n) is 2.47. The Labute approximate surface area is 129 Å². The molecule has 0 unspecified atom stereocenters. The average molecular weight is 311 g/mol. The van der Waals surface area contributed by atoms with Gasteiger partial charge in [0, 0.05) is 6.54 Å². The summed E-state index contributed by atoms with van der Waals surface area (Å²) < 4.78 is 4.43. The van der Waals surface area contributed by atoms with Crippen molar-refractivity contribution in [2.24, 2.45) is 0 Å². The Bertz CT molecular complexity index is 996. The number of nitrogens with zero attached hydrogens (tertiary/aromatic N) is 5. The molecule has 7 heteroatoms.